The fourth-order valence-corrected chi connectivity index (χ4v) is 3.23. The largest absolute Gasteiger partial charge is 0.330 e. The summed E-state index contributed by atoms with van der Waals surface area (Å²) < 4.78 is 17.1. The first kappa shape index (κ1) is 14.3. The second-order valence-corrected chi connectivity index (χ2v) is 6.68. The van der Waals surface area contributed by atoms with E-state index in [-0.39, 0.29) is 5.82 Å². The van der Waals surface area contributed by atoms with E-state index in [1.807, 2.05) is 10.6 Å². The van der Waals surface area contributed by atoms with Gasteiger partial charge in [-0.25, -0.2) is 4.39 Å². The molecule has 0 saturated heterocycles. The van der Waals surface area contributed by atoms with Crippen LogP contribution in [0.25, 0.3) is 16.7 Å². The number of nitrogens with zero attached hydrogens (tertiary/aromatic N) is 1. The number of fused-ring (bicyclic) bond motifs is 1. The van der Waals surface area contributed by atoms with E-state index in [4.69, 9.17) is 23.8 Å². The van der Waals surface area contributed by atoms with Crippen LogP contribution in [0.15, 0.2) is 39.3 Å². The number of hydrogen-bond donors (Lipinski definition) is 1. The van der Waals surface area contributed by atoms with Crippen LogP contribution in [0.5, 0.6) is 0 Å². The van der Waals surface area contributed by atoms with Crippen LogP contribution < -0.4 is 0 Å². The molecule has 0 unspecified atom stereocenters. The molecule has 0 atom stereocenters. The minimum absolute atomic E-state index is 0.342. The van der Waals surface area contributed by atoms with Gasteiger partial charge in [0.15, 0.2) is 4.77 Å². The van der Waals surface area contributed by atoms with Gasteiger partial charge in [-0.3, -0.25) is 4.57 Å². The highest BCUT2D eigenvalue weighted by atomic mass is 79.9. The molecule has 0 amide bonds. The van der Waals surface area contributed by atoms with Gasteiger partial charge in [0, 0.05) is 15.6 Å². The Morgan fingerprint density at radius 1 is 1.15 bits per heavy atom. The zero-order valence-electron chi connectivity index (χ0n) is 9.75. The molecule has 0 saturated carbocycles. The third kappa shape index (κ3) is 2.35. The van der Waals surface area contributed by atoms with E-state index in [2.05, 4.69) is 36.8 Å². The molecule has 7 heteroatoms. The summed E-state index contributed by atoms with van der Waals surface area (Å²) in [6.07, 6.45) is 0. The topological polar surface area (TPSA) is 20.7 Å². The minimum atomic E-state index is -0.342. The minimum Gasteiger partial charge on any atom is -0.330 e. The highest BCUT2D eigenvalue weighted by Gasteiger charge is 2.12. The van der Waals surface area contributed by atoms with Crippen molar-refractivity contribution in [3.8, 4) is 5.69 Å². The Hall–Kier alpha value is -0.690. The lowest BCUT2D eigenvalue weighted by molar-refractivity contribution is 0.623. The lowest BCUT2D eigenvalue weighted by Gasteiger charge is -2.08. The molecule has 0 spiro atoms. The fraction of sp³-hybridized carbons (Fsp3) is 0. The van der Waals surface area contributed by atoms with Gasteiger partial charge in [0.1, 0.15) is 5.82 Å². The summed E-state index contributed by atoms with van der Waals surface area (Å²) in [5, 5.41) is 0.598. The second-order valence-electron chi connectivity index (χ2n) is 4.14. The van der Waals surface area contributed by atoms with Gasteiger partial charge in [-0.1, -0.05) is 11.6 Å². The van der Waals surface area contributed by atoms with Crippen molar-refractivity contribution >= 4 is 66.7 Å². The van der Waals surface area contributed by atoms with Crippen LogP contribution in [0.4, 0.5) is 4.39 Å². The lowest BCUT2D eigenvalue weighted by Crippen LogP contribution is -1.95. The predicted octanol–water partition coefficient (Wildman–Crippen LogP) is 6.01. The molecule has 1 N–H and O–H groups in total. The zero-order chi connectivity index (χ0) is 14.4. The number of aromatic nitrogens is 2. The lowest BCUT2D eigenvalue weighted by atomic mass is 10.2. The third-order valence-electron chi connectivity index (χ3n) is 2.87. The van der Waals surface area contributed by atoms with Gasteiger partial charge >= 0.3 is 0 Å². The van der Waals surface area contributed by atoms with Gasteiger partial charge in [-0.2, -0.15) is 0 Å². The van der Waals surface area contributed by atoms with E-state index in [1.54, 1.807) is 18.2 Å². The molecule has 0 radical (unpaired) electrons. The van der Waals surface area contributed by atoms with Crippen LogP contribution in [0, 0.1) is 10.6 Å². The van der Waals surface area contributed by atoms with E-state index in [1.165, 1.54) is 6.07 Å². The summed E-state index contributed by atoms with van der Waals surface area (Å²) in [5.41, 5.74) is 2.20. The van der Waals surface area contributed by atoms with E-state index >= 15 is 0 Å². The van der Waals surface area contributed by atoms with E-state index in [0.717, 1.165) is 15.7 Å². The molecule has 0 aliphatic rings. The highest BCUT2D eigenvalue weighted by Crippen LogP contribution is 2.30. The second kappa shape index (κ2) is 5.26. The van der Waals surface area contributed by atoms with Crippen LogP contribution in [0.3, 0.4) is 0 Å². The number of benzene rings is 2. The Kier molecular flexibility index (Phi) is 3.75. The Labute approximate surface area is 140 Å². The Balaban J connectivity index is 2.42. The van der Waals surface area contributed by atoms with E-state index in [0.29, 0.717) is 19.8 Å². The summed E-state index contributed by atoms with van der Waals surface area (Å²) in [4.78, 5) is 2.99. The third-order valence-corrected chi connectivity index (χ3v) is 4.67. The molecule has 0 aliphatic carbocycles. The molecule has 2 aromatic carbocycles. The molecule has 0 aliphatic heterocycles. The van der Waals surface area contributed by atoms with Crippen LogP contribution in [-0.2, 0) is 0 Å². The quantitative estimate of drug-likeness (QED) is 0.464. The van der Waals surface area contributed by atoms with E-state index in [9.17, 15) is 4.39 Å². The number of halogens is 4. The molecule has 3 aromatic rings. The Morgan fingerprint density at radius 3 is 2.65 bits per heavy atom. The maximum atomic E-state index is 13.6. The summed E-state index contributed by atoms with van der Waals surface area (Å²) in [6.45, 7) is 0. The maximum Gasteiger partial charge on any atom is 0.182 e. The number of hydrogen-bond acceptors (Lipinski definition) is 1. The summed E-state index contributed by atoms with van der Waals surface area (Å²) in [6, 6.07) is 8.51. The van der Waals surface area contributed by atoms with Gasteiger partial charge in [-0.05, 0) is 68.3 Å². The first-order chi connectivity index (χ1) is 9.47. The highest BCUT2D eigenvalue weighted by molar-refractivity contribution is 9.10. The SMILES string of the molecule is Fc1cc2[nH]c(=S)n(-c3cc(Cl)ccc3Br)c2cc1Br. The van der Waals surface area contributed by atoms with Crippen molar-refractivity contribution in [3.63, 3.8) is 0 Å². The van der Waals surface area contributed by atoms with Crippen molar-refractivity contribution in [2.75, 3.05) is 0 Å². The summed E-state index contributed by atoms with van der Waals surface area (Å²) in [5.74, 6) is -0.342. The molecule has 0 fully saturated rings. The van der Waals surface area contributed by atoms with Crippen molar-refractivity contribution in [1.29, 1.82) is 0 Å². The normalized spacial score (nSPS) is 11.2. The zero-order valence-corrected chi connectivity index (χ0v) is 14.5. The van der Waals surface area contributed by atoms with Gasteiger partial charge in [-0.15, -0.1) is 0 Å². The van der Waals surface area contributed by atoms with Crippen molar-refractivity contribution in [2.45, 2.75) is 0 Å². The Morgan fingerprint density at radius 2 is 1.90 bits per heavy atom. The van der Waals surface area contributed by atoms with Crippen LogP contribution in [0.1, 0.15) is 0 Å². The standard InChI is InChI=1S/C13H6Br2ClFN2S/c14-7-2-1-6(16)3-11(7)19-12-4-8(15)9(17)5-10(12)18-13(19)20/h1-5H,(H,18,20). The molecule has 3 rings (SSSR count). The average molecular weight is 437 g/mol. The molecule has 20 heavy (non-hydrogen) atoms. The number of rotatable bonds is 1. The maximum absolute atomic E-state index is 13.6. The summed E-state index contributed by atoms with van der Waals surface area (Å²) >= 11 is 18.0. The smallest absolute Gasteiger partial charge is 0.182 e. The summed E-state index contributed by atoms with van der Waals surface area (Å²) in [7, 11) is 0. The fourth-order valence-electron chi connectivity index (χ4n) is 2.00. The van der Waals surface area contributed by atoms with Gasteiger partial charge in [0.25, 0.3) is 0 Å². The molecule has 2 nitrogen and oxygen atoms in total. The first-order valence-electron chi connectivity index (χ1n) is 5.52. The molecule has 102 valence electrons. The van der Waals surface area contributed by atoms with Crippen molar-refractivity contribution in [1.82, 2.24) is 9.55 Å². The predicted molar refractivity (Wildman–Crippen MR) is 88.8 cm³/mol. The van der Waals surface area contributed by atoms with Gasteiger partial charge in [0.2, 0.25) is 0 Å². The molecular formula is C13H6Br2ClFN2S. The van der Waals surface area contributed by atoms with Crippen LogP contribution in [0.2, 0.25) is 5.02 Å². The molecule has 1 aromatic heterocycles. The van der Waals surface area contributed by atoms with Crippen molar-refractivity contribution < 1.29 is 4.39 Å². The van der Waals surface area contributed by atoms with E-state index < -0.39 is 0 Å². The number of imidazole rings is 1. The van der Waals surface area contributed by atoms with Crippen LogP contribution >= 0.6 is 55.7 Å². The monoisotopic (exact) mass is 434 g/mol. The molecule has 0 bridgehead atoms. The number of H-pyrrole nitrogens is 1. The Bertz CT molecular complexity index is 888. The van der Waals surface area contributed by atoms with Gasteiger partial charge in [0.05, 0.1) is 21.2 Å². The van der Waals surface area contributed by atoms with Crippen molar-refractivity contribution in [2.24, 2.45) is 0 Å². The van der Waals surface area contributed by atoms with Crippen LogP contribution in [-0.4, -0.2) is 9.55 Å². The van der Waals surface area contributed by atoms with Gasteiger partial charge < -0.3 is 4.98 Å². The van der Waals surface area contributed by atoms with Crippen molar-refractivity contribution in [3.05, 3.63) is 54.9 Å². The first-order valence-corrected chi connectivity index (χ1v) is 7.90. The molecule has 1 heterocycles. The number of nitrogens with one attached hydrogen (secondary N) is 1. The number of aromatic amines is 1. The average Bonchev–Trinajstić information content (AvgIpc) is 2.69. The molecular weight excluding hydrogens is 430 g/mol.